The molecular weight excluding hydrogens is 359 g/mol. The van der Waals surface area contributed by atoms with Crippen LogP contribution in [0.15, 0.2) is 63.2 Å². The Hall–Kier alpha value is -1.16. The Labute approximate surface area is 136 Å². The third kappa shape index (κ3) is 3.92. The maximum Gasteiger partial charge on any atom is 0.159 e. The largest absolute Gasteiger partial charge is 0.159 e. The summed E-state index contributed by atoms with van der Waals surface area (Å²) in [5, 5.41) is 8.56. The van der Waals surface area contributed by atoms with E-state index in [1.54, 1.807) is 0 Å². The fourth-order valence-corrected chi connectivity index (χ4v) is 2.27. The number of hydrogen-bond acceptors (Lipinski definition) is 2. The molecule has 102 valence electrons. The van der Waals surface area contributed by atoms with Crippen molar-refractivity contribution in [2.45, 2.75) is 6.92 Å². The Morgan fingerprint density at radius 2 is 1.50 bits per heavy atom. The van der Waals surface area contributed by atoms with Crippen molar-refractivity contribution in [2.24, 2.45) is 10.2 Å². The summed E-state index contributed by atoms with van der Waals surface area (Å²) >= 11 is 15.6. The lowest BCUT2D eigenvalue weighted by atomic mass is 10.1. The average Bonchev–Trinajstić information content (AvgIpc) is 2.45. The summed E-state index contributed by atoms with van der Waals surface area (Å²) in [5.41, 5.74) is 2.67. The van der Waals surface area contributed by atoms with Crippen molar-refractivity contribution in [1.29, 1.82) is 0 Å². The van der Waals surface area contributed by atoms with Crippen LogP contribution in [-0.2, 0) is 0 Å². The predicted octanol–water partition coefficient (Wildman–Crippen LogP) is 5.34. The topological polar surface area (TPSA) is 24.7 Å². The molecule has 0 amide bonds. The number of rotatable bonds is 3. The average molecular weight is 370 g/mol. The van der Waals surface area contributed by atoms with Crippen LogP contribution in [0.4, 0.5) is 0 Å². The summed E-state index contributed by atoms with van der Waals surface area (Å²) in [6, 6.07) is 15.2. The number of halogens is 3. The minimum Gasteiger partial charge on any atom is -0.136 e. The first kappa shape index (κ1) is 15.2. The summed E-state index contributed by atoms with van der Waals surface area (Å²) in [6.07, 6.45) is 0. The second-order valence-electron chi connectivity index (χ2n) is 4.10. The molecule has 0 atom stereocenters. The Morgan fingerprint density at radius 1 is 0.900 bits per heavy atom. The fourth-order valence-electron chi connectivity index (χ4n) is 1.59. The van der Waals surface area contributed by atoms with Crippen LogP contribution < -0.4 is 0 Å². The Balaban J connectivity index is 2.25. The molecule has 2 aromatic rings. The van der Waals surface area contributed by atoms with Crippen LogP contribution in [0, 0.1) is 6.92 Å². The van der Waals surface area contributed by atoms with Gasteiger partial charge in [0.1, 0.15) is 0 Å². The second kappa shape index (κ2) is 7.02. The van der Waals surface area contributed by atoms with Gasteiger partial charge in [-0.25, -0.2) is 0 Å². The van der Waals surface area contributed by atoms with Gasteiger partial charge in [-0.2, -0.15) is 0 Å². The van der Waals surface area contributed by atoms with Crippen LogP contribution in [0.3, 0.4) is 0 Å². The third-order valence-corrected chi connectivity index (χ3v) is 3.78. The molecular formula is C15H11BrCl2N2. The van der Waals surface area contributed by atoms with E-state index < -0.39 is 0 Å². The fraction of sp³-hybridized carbons (Fsp3) is 0.0667. The summed E-state index contributed by atoms with van der Waals surface area (Å²) in [5.74, 6) is 0. The van der Waals surface area contributed by atoms with Crippen molar-refractivity contribution < 1.29 is 0 Å². The SMILES string of the molecule is Cc1ccccc1C(Cl)=NN=C(Cl)c1ccc(Br)cc1. The van der Waals surface area contributed by atoms with Crippen LogP contribution in [0.1, 0.15) is 16.7 Å². The van der Waals surface area contributed by atoms with Crippen molar-refractivity contribution in [3.05, 3.63) is 69.7 Å². The first-order valence-electron chi connectivity index (χ1n) is 5.86. The molecule has 0 aliphatic rings. The van der Waals surface area contributed by atoms with E-state index in [2.05, 4.69) is 26.1 Å². The molecule has 0 fully saturated rings. The zero-order chi connectivity index (χ0) is 14.5. The highest BCUT2D eigenvalue weighted by molar-refractivity contribution is 9.10. The summed E-state index contributed by atoms with van der Waals surface area (Å²) in [4.78, 5) is 0. The normalized spacial score (nSPS) is 12.6. The van der Waals surface area contributed by atoms with Crippen LogP contribution in [0.2, 0.25) is 0 Å². The highest BCUT2D eigenvalue weighted by Crippen LogP contribution is 2.14. The van der Waals surface area contributed by atoms with E-state index in [-0.39, 0.29) is 0 Å². The van der Waals surface area contributed by atoms with Crippen molar-refractivity contribution in [1.82, 2.24) is 0 Å². The molecule has 0 unspecified atom stereocenters. The van der Waals surface area contributed by atoms with Crippen molar-refractivity contribution >= 4 is 49.5 Å². The highest BCUT2D eigenvalue weighted by atomic mass is 79.9. The van der Waals surface area contributed by atoms with Gasteiger partial charge in [-0.3, -0.25) is 0 Å². The van der Waals surface area contributed by atoms with Gasteiger partial charge in [0, 0.05) is 15.6 Å². The number of aryl methyl sites for hydroxylation is 1. The van der Waals surface area contributed by atoms with E-state index >= 15 is 0 Å². The smallest absolute Gasteiger partial charge is 0.136 e. The third-order valence-electron chi connectivity index (χ3n) is 2.68. The number of hydrogen-bond donors (Lipinski definition) is 0. The van der Waals surface area contributed by atoms with Gasteiger partial charge < -0.3 is 0 Å². The van der Waals surface area contributed by atoms with Crippen LogP contribution >= 0.6 is 39.1 Å². The monoisotopic (exact) mass is 368 g/mol. The molecule has 0 aliphatic carbocycles. The van der Waals surface area contributed by atoms with Crippen molar-refractivity contribution in [3.63, 3.8) is 0 Å². The van der Waals surface area contributed by atoms with Gasteiger partial charge in [0.2, 0.25) is 0 Å². The lowest BCUT2D eigenvalue weighted by Crippen LogP contribution is -1.95. The maximum atomic E-state index is 6.15. The molecule has 2 rings (SSSR count). The molecule has 5 heteroatoms. The first-order valence-corrected chi connectivity index (χ1v) is 7.41. The molecule has 0 saturated heterocycles. The van der Waals surface area contributed by atoms with E-state index in [4.69, 9.17) is 23.2 Å². The summed E-state index contributed by atoms with van der Waals surface area (Å²) in [6.45, 7) is 1.97. The number of nitrogens with zero attached hydrogens (tertiary/aromatic N) is 2. The lowest BCUT2D eigenvalue weighted by molar-refractivity contribution is 1.25. The van der Waals surface area contributed by atoms with E-state index in [1.165, 1.54) is 0 Å². The number of benzene rings is 2. The van der Waals surface area contributed by atoms with Crippen molar-refractivity contribution in [2.75, 3.05) is 0 Å². The molecule has 0 heterocycles. The summed E-state index contributed by atoms with van der Waals surface area (Å²) < 4.78 is 0.979. The molecule has 2 nitrogen and oxygen atoms in total. The van der Waals surface area contributed by atoms with Gasteiger partial charge >= 0.3 is 0 Å². The van der Waals surface area contributed by atoms with E-state index in [0.29, 0.717) is 10.3 Å². The van der Waals surface area contributed by atoms with Crippen LogP contribution in [0.5, 0.6) is 0 Å². The molecule has 0 spiro atoms. The van der Waals surface area contributed by atoms with E-state index in [9.17, 15) is 0 Å². The van der Waals surface area contributed by atoms with Gasteiger partial charge in [-0.15, -0.1) is 10.2 Å². The van der Waals surface area contributed by atoms with Crippen LogP contribution in [-0.4, -0.2) is 10.3 Å². The second-order valence-corrected chi connectivity index (χ2v) is 5.74. The minimum atomic E-state index is 0.296. The van der Waals surface area contributed by atoms with Gasteiger partial charge in [0.15, 0.2) is 10.3 Å². The summed E-state index contributed by atoms with van der Waals surface area (Å²) in [7, 11) is 0. The van der Waals surface area contributed by atoms with Gasteiger partial charge in [0.05, 0.1) is 0 Å². The molecule has 0 N–H and O–H groups in total. The lowest BCUT2D eigenvalue weighted by Gasteiger charge is -2.01. The molecule has 0 bridgehead atoms. The van der Waals surface area contributed by atoms with Crippen molar-refractivity contribution in [3.8, 4) is 0 Å². The Kier molecular flexibility index (Phi) is 5.35. The zero-order valence-electron chi connectivity index (χ0n) is 10.6. The van der Waals surface area contributed by atoms with Gasteiger partial charge in [-0.05, 0) is 24.6 Å². The van der Waals surface area contributed by atoms with Gasteiger partial charge in [0.25, 0.3) is 0 Å². The maximum absolute atomic E-state index is 6.15. The zero-order valence-corrected chi connectivity index (χ0v) is 13.7. The predicted molar refractivity (Wildman–Crippen MR) is 90.1 cm³/mol. The van der Waals surface area contributed by atoms with Crippen LogP contribution in [0.25, 0.3) is 0 Å². The molecule has 0 aromatic heterocycles. The van der Waals surface area contributed by atoms with Gasteiger partial charge in [-0.1, -0.05) is 75.5 Å². The molecule has 0 radical (unpaired) electrons. The van der Waals surface area contributed by atoms with E-state index in [1.807, 2.05) is 55.5 Å². The molecule has 2 aromatic carbocycles. The quantitative estimate of drug-likeness (QED) is 0.515. The molecule has 20 heavy (non-hydrogen) atoms. The molecule has 0 aliphatic heterocycles. The molecule has 0 saturated carbocycles. The Morgan fingerprint density at radius 3 is 2.15 bits per heavy atom. The highest BCUT2D eigenvalue weighted by Gasteiger charge is 2.04. The first-order chi connectivity index (χ1) is 9.58. The standard InChI is InChI=1S/C15H11BrCl2N2/c1-10-4-2-3-5-13(10)15(18)20-19-14(17)11-6-8-12(16)9-7-11/h2-9H,1H3. The van der Waals surface area contributed by atoms with E-state index in [0.717, 1.165) is 21.2 Å². The Bertz CT molecular complexity index is 664. The minimum absolute atomic E-state index is 0.296.